The molecular weight excluding hydrogens is 416 g/mol. The van der Waals surface area contributed by atoms with Crippen LogP contribution in [0.4, 0.5) is 5.82 Å². The molecule has 0 fully saturated rings. The van der Waals surface area contributed by atoms with E-state index in [-0.39, 0.29) is 0 Å². The van der Waals surface area contributed by atoms with Crippen LogP contribution in [0.15, 0.2) is 95.4 Å². The second-order valence-electron chi connectivity index (χ2n) is 8.47. The molecule has 4 nitrogen and oxygen atoms in total. The summed E-state index contributed by atoms with van der Waals surface area (Å²) in [6, 6.07) is 25.6. The molecule has 2 heterocycles. The molecular formula is C27H26N2O2S. The van der Waals surface area contributed by atoms with Crippen LogP contribution in [0.3, 0.4) is 0 Å². The van der Waals surface area contributed by atoms with Gasteiger partial charge in [-0.15, -0.1) is 0 Å². The van der Waals surface area contributed by atoms with E-state index in [4.69, 9.17) is 0 Å². The number of aromatic nitrogens is 1. The molecule has 0 unspecified atom stereocenters. The summed E-state index contributed by atoms with van der Waals surface area (Å²) in [5.41, 5.74) is 5.47. The van der Waals surface area contributed by atoms with E-state index in [1.807, 2.05) is 55.5 Å². The number of hydrogen-bond acceptors (Lipinski definition) is 2. The molecule has 3 aromatic carbocycles. The highest BCUT2D eigenvalue weighted by atomic mass is 32.2. The van der Waals surface area contributed by atoms with Gasteiger partial charge in [0.25, 0.3) is 10.0 Å². The number of nitrogens with zero attached hydrogens (tertiary/aromatic N) is 2. The van der Waals surface area contributed by atoms with Crippen LogP contribution in [0.2, 0.25) is 0 Å². The number of sulfonamides is 1. The molecule has 1 aromatic heterocycles. The zero-order chi connectivity index (χ0) is 22.3. The molecule has 0 radical (unpaired) electrons. The van der Waals surface area contributed by atoms with Crippen LogP contribution in [0.1, 0.15) is 23.6 Å². The van der Waals surface area contributed by atoms with Crippen LogP contribution in [-0.2, 0) is 23.0 Å². The molecule has 4 aromatic rings. The fraction of sp³-hybridized carbons (Fsp3) is 0.185. The van der Waals surface area contributed by atoms with Gasteiger partial charge >= 0.3 is 0 Å². The zero-order valence-corrected chi connectivity index (χ0v) is 19.1. The maximum atomic E-state index is 13.9. The third kappa shape index (κ3) is 3.53. The molecule has 0 saturated carbocycles. The predicted molar refractivity (Wildman–Crippen MR) is 131 cm³/mol. The Balaban J connectivity index is 1.76. The first-order valence-electron chi connectivity index (χ1n) is 10.8. The molecule has 0 saturated heterocycles. The fourth-order valence-electron chi connectivity index (χ4n) is 4.47. The Hall–Kier alpha value is -3.31. The van der Waals surface area contributed by atoms with Crippen LogP contribution in [0, 0.1) is 6.92 Å². The molecule has 5 heteroatoms. The highest BCUT2D eigenvalue weighted by Gasteiger charge is 2.32. The Morgan fingerprint density at radius 1 is 0.844 bits per heavy atom. The lowest BCUT2D eigenvalue weighted by molar-refractivity contribution is 0.591. The number of aryl methyl sites for hydroxylation is 1. The van der Waals surface area contributed by atoms with E-state index in [0.29, 0.717) is 18.0 Å². The Kier molecular flexibility index (Phi) is 5.14. The molecule has 0 bridgehead atoms. The minimum Gasteiger partial charge on any atom is -0.322 e. The maximum absolute atomic E-state index is 13.9. The number of allylic oxidation sites excluding steroid dienone is 1. The van der Waals surface area contributed by atoms with Gasteiger partial charge in [0.05, 0.1) is 17.0 Å². The van der Waals surface area contributed by atoms with E-state index in [0.717, 1.165) is 39.8 Å². The molecule has 0 atom stereocenters. The van der Waals surface area contributed by atoms with Crippen molar-refractivity contribution >= 4 is 26.7 Å². The highest BCUT2D eigenvalue weighted by Crippen LogP contribution is 2.39. The van der Waals surface area contributed by atoms with Crippen LogP contribution >= 0.6 is 0 Å². The molecule has 1 aliphatic heterocycles. The first-order chi connectivity index (χ1) is 15.4. The number of benzene rings is 3. The molecule has 0 spiro atoms. The summed E-state index contributed by atoms with van der Waals surface area (Å²) in [5, 5.41) is 1.11. The molecule has 1 aliphatic rings. The Labute approximate surface area is 189 Å². The molecule has 0 N–H and O–H groups in total. The summed E-state index contributed by atoms with van der Waals surface area (Å²) in [5.74, 6) is 0.767. The third-order valence-electron chi connectivity index (χ3n) is 6.14. The largest absolute Gasteiger partial charge is 0.322 e. The first-order valence-corrected chi connectivity index (χ1v) is 12.3. The van der Waals surface area contributed by atoms with E-state index in [1.54, 1.807) is 16.4 Å². The number of anilines is 1. The van der Waals surface area contributed by atoms with Crippen molar-refractivity contribution in [3.05, 3.63) is 107 Å². The fourth-order valence-corrected chi connectivity index (χ4v) is 5.91. The van der Waals surface area contributed by atoms with Crippen molar-refractivity contribution in [2.45, 2.75) is 31.7 Å². The van der Waals surface area contributed by atoms with Crippen molar-refractivity contribution in [1.29, 1.82) is 0 Å². The van der Waals surface area contributed by atoms with Gasteiger partial charge in [-0.05, 0) is 44.0 Å². The van der Waals surface area contributed by atoms with Gasteiger partial charge in [-0.1, -0.05) is 77.9 Å². The number of rotatable bonds is 4. The average Bonchev–Trinajstić information content (AvgIpc) is 2.96. The molecule has 5 rings (SSSR count). The molecule has 32 heavy (non-hydrogen) atoms. The SMILES string of the molecule is CC1=CCN(S(=O)(=O)c2ccc(C)cc2)c2c(c3ccccc3n2Cc2ccccc2)C1. The van der Waals surface area contributed by atoms with Crippen molar-refractivity contribution in [3.63, 3.8) is 0 Å². The van der Waals surface area contributed by atoms with E-state index >= 15 is 0 Å². The van der Waals surface area contributed by atoms with Gasteiger partial charge < -0.3 is 4.57 Å². The Morgan fingerprint density at radius 3 is 2.28 bits per heavy atom. The zero-order valence-electron chi connectivity index (χ0n) is 18.3. The summed E-state index contributed by atoms with van der Waals surface area (Å²) >= 11 is 0. The minimum absolute atomic E-state index is 0.318. The van der Waals surface area contributed by atoms with Crippen LogP contribution < -0.4 is 4.31 Å². The van der Waals surface area contributed by atoms with Crippen LogP contribution in [-0.4, -0.2) is 19.5 Å². The monoisotopic (exact) mass is 442 g/mol. The smallest absolute Gasteiger partial charge is 0.265 e. The standard InChI is InChI=1S/C27H26N2O2S/c1-20-12-14-23(15-13-20)32(30,31)29-17-16-21(2)18-25-24-10-6-7-11-26(24)28(27(25)29)19-22-8-4-3-5-9-22/h3-16H,17-19H2,1-2H3. The van der Waals surface area contributed by atoms with Gasteiger partial charge in [-0.3, -0.25) is 0 Å². The van der Waals surface area contributed by atoms with Gasteiger partial charge in [0.15, 0.2) is 0 Å². The van der Waals surface area contributed by atoms with Crippen molar-refractivity contribution in [3.8, 4) is 0 Å². The molecule has 0 amide bonds. The van der Waals surface area contributed by atoms with Crippen LogP contribution in [0.25, 0.3) is 10.9 Å². The van der Waals surface area contributed by atoms with E-state index in [9.17, 15) is 8.42 Å². The van der Waals surface area contributed by atoms with Crippen molar-refractivity contribution in [1.82, 2.24) is 4.57 Å². The summed E-state index contributed by atoms with van der Waals surface area (Å²) in [4.78, 5) is 0.318. The number of fused-ring (bicyclic) bond motifs is 3. The Morgan fingerprint density at radius 2 is 1.53 bits per heavy atom. The lowest BCUT2D eigenvalue weighted by atomic mass is 10.1. The summed E-state index contributed by atoms with van der Waals surface area (Å²) < 4.78 is 31.5. The molecule has 162 valence electrons. The number of para-hydroxylation sites is 1. The number of hydrogen-bond donors (Lipinski definition) is 0. The van der Waals surface area contributed by atoms with E-state index in [2.05, 4.69) is 35.8 Å². The lowest BCUT2D eigenvalue weighted by Crippen LogP contribution is -2.33. The predicted octanol–water partition coefficient (Wildman–Crippen LogP) is 5.70. The van der Waals surface area contributed by atoms with Crippen LogP contribution in [0.5, 0.6) is 0 Å². The lowest BCUT2D eigenvalue weighted by Gasteiger charge is -2.25. The second kappa shape index (κ2) is 7.99. The van der Waals surface area contributed by atoms with E-state index < -0.39 is 10.0 Å². The quantitative estimate of drug-likeness (QED) is 0.381. The topological polar surface area (TPSA) is 42.3 Å². The van der Waals surface area contributed by atoms with Crippen molar-refractivity contribution in [2.24, 2.45) is 0 Å². The van der Waals surface area contributed by atoms with Crippen molar-refractivity contribution in [2.75, 3.05) is 10.8 Å². The summed E-state index contributed by atoms with van der Waals surface area (Å²) in [6.07, 6.45) is 2.77. The van der Waals surface area contributed by atoms with Gasteiger partial charge in [-0.2, -0.15) is 0 Å². The maximum Gasteiger partial charge on any atom is 0.265 e. The summed E-state index contributed by atoms with van der Waals surface area (Å²) in [6.45, 7) is 4.97. The summed E-state index contributed by atoms with van der Waals surface area (Å²) in [7, 11) is -3.73. The first kappa shape index (κ1) is 20.6. The van der Waals surface area contributed by atoms with Gasteiger partial charge in [-0.25, -0.2) is 12.7 Å². The second-order valence-corrected chi connectivity index (χ2v) is 10.3. The minimum atomic E-state index is -3.73. The average molecular weight is 443 g/mol. The van der Waals surface area contributed by atoms with Gasteiger partial charge in [0.2, 0.25) is 0 Å². The van der Waals surface area contributed by atoms with Crippen molar-refractivity contribution < 1.29 is 8.42 Å². The Bertz CT molecular complexity index is 1420. The van der Waals surface area contributed by atoms with Gasteiger partial charge in [0.1, 0.15) is 5.82 Å². The molecule has 0 aliphatic carbocycles. The third-order valence-corrected chi connectivity index (χ3v) is 7.91. The van der Waals surface area contributed by atoms with Gasteiger partial charge in [0, 0.05) is 17.5 Å². The van der Waals surface area contributed by atoms with E-state index in [1.165, 1.54) is 5.57 Å². The highest BCUT2D eigenvalue weighted by molar-refractivity contribution is 7.92. The normalized spacial score (nSPS) is 14.2.